The van der Waals surface area contributed by atoms with Crippen molar-refractivity contribution in [1.29, 1.82) is 0 Å². The lowest BCUT2D eigenvalue weighted by atomic mass is 9.98. The lowest BCUT2D eigenvalue weighted by molar-refractivity contribution is -0.139. The van der Waals surface area contributed by atoms with Crippen LogP contribution in [0, 0.1) is 0 Å². The van der Waals surface area contributed by atoms with Gasteiger partial charge in [-0.05, 0) is 60.9 Å². The minimum atomic E-state index is -0.505. The van der Waals surface area contributed by atoms with E-state index in [0.717, 1.165) is 22.3 Å². The number of carbonyl (C=O) groups excluding carboxylic acids is 3. The molecule has 8 heteroatoms. The van der Waals surface area contributed by atoms with Gasteiger partial charge in [-0.1, -0.05) is 49.6 Å². The molecule has 0 aromatic heterocycles. The van der Waals surface area contributed by atoms with Gasteiger partial charge >= 0.3 is 17.9 Å². The summed E-state index contributed by atoms with van der Waals surface area (Å²) in [6.45, 7) is 10.8. The van der Waals surface area contributed by atoms with E-state index in [1.807, 2.05) is 36.4 Å². The van der Waals surface area contributed by atoms with Gasteiger partial charge < -0.3 is 23.7 Å². The maximum atomic E-state index is 12.5. The number of ether oxygens (including phenoxy) is 5. The molecule has 0 aliphatic heterocycles. The van der Waals surface area contributed by atoms with Crippen molar-refractivity contribution < 1.29 is 38.1 Å². The molecule has 3 rings (SSSR count). The second-order valence-electron chi connectivity index (χ2n) is 8.88. The van der Waals surface area contributed by atoms with Crippen LogP contribution in [0.4, 0.5) is 0 Å². The summed E-state index contributed by atoms with van der Waals surface area (Å²) in [5.41, 5.74) is 4.42. The van der Waals surface area contributed by atoms with Gasteiger partial charge in [-0.15, -0.1) is 0 Å². The number of hydrogen-bond donors (Lipinski definition) is 0. The molecule has 40 heavy (non-hydrogen) atoms. The highest BCUT2D eigenvalue weighted by Crippen LogP contribution is 2.33. The molecular formula is C32H32O8. The van der Waals surface area contributed by atoms with Gasteiger partial charge in [0.05, 0.1) is 12.2 Å². The van der Waals surface area contributed by atoms with Crippen LogP contribution in [0.1, 0.15) is 24.2 Å². The fourth-order valence-electron chi connectivity index (χ4n) is 3.47. The molecule has 8 nitrogen and oxygen atoms in total. The van der Waals surface area contributed by atoms with Gasteiger partial charge in [-0.3, -0.25) is 0 Å². The Labute approximate surface area is 233 Å². The quantitative estimate of drug-likeness (QED) is 0.115. The molecule has 0 atom stereocenters. The maximum absolute atomic E-state index is 12.5. The number of methoxy groups -OCH3 is 1. The van der Waals surface area contributed by atoms with E-state index in [2.05, 4.69) is 13.2 Å². The van der Waals surface area contributed by atoms with Crippen molar-refractivity contribution >= 4 is 17.9 Å². The lowest BCUT2D eigenvalue weighted by Gasteiger charge is -2.14. The molecule has 0 saturated heterocycles. The lowest BCUT2D eigenvalue weighted by Crippen LogP contribution is -2.13. The number of esters is 3. The summed E-state index contributed by atoms with van der Waals surface area (Å²) in [6.07, 6.45) is 0. The van der Waals surface area contributed by atoms with Crippen LogP contribution in [0.25, 0.3) is 22.3 Å². The molecule has 0 unspecified atom stereocenters. The number of benzene rings is 3. The Bertz CT molecular complexity index is 1370. The number of rotatable bonds is 13. The molecule has 0 aliphatic carbocycles. The topological polar surface area (TPSA) is 97.4 Å². The minimum absolute atomic E-state index is 0.0181. The Morgan fingerprint density at radius 3 is 1.85 bits per heavy atom. The van der Waals surface area contributed by atoms with Gasteiger partial charge in [0.15, 0.2) is 0 Å². The third kappa shape index (κ3) is 8.41. The molecule has 0 radical (unpaired) electrons. The molecule has 3 aromatic carbocycles. The second kappa shape index (κ2) is 14.5. The number of hydrogen-bond acceptors (Lipinski definition) is 8. The van der Waals surface area contributed by atoms with Crippen LogP contribution in [0.15, 0.2) is 91.0 Å². The van der Waals surface area contributed by atoms with Gasteiger partial charge in [0, 0.05) is 23.8 Å². The van der Waals surface area contributed by atoms with Crippen LogP contribution in [0.2, 0.25) is 0 Å². The summed E-state index contributed by atoms with van der Waals surface area (Å²) in [6, 6.07) is 20.0. The fraction of sp³-hybridized carbons (Fsp3) is 0.219. The summed E-state index contributed by atoms with van der Waals surface area (Å²) in [5, 5.41) is 0. The van der Waals surface area contributed by atoms with Crippen molar-refractivity contribution in [3.63, 3.8) is 0 Å². The highest BCUT2D eigenvalue weighted by atomic mass is 16.6. The van der Waals surface area contributed by atoms with Crippen molar-refractivity contribution in [3.8, 4) is 33.8 Å². The molecule has 3 aromatic rings. The third-order valence-electron chi connectivity index (χ3n) is 5.60. The smallest absolute Gasteiger partial charge is 0.338 e. The zero-order chi connectivity index (χ0) is 29.1. The van der Waals surface area contributed by atoms with Crippen LogP contribution >= 0.6 is 0 Å². The van der Waals surface area contributed by atoms with Gasteiger partial charge in [0.2, 0.25) is 0 Å². The normalized spacial score (nSPS) is 10.4. The van der Waals surface area contributed by atoms with E-state index in [-0.39, 0.29) is 26.4 Å². The van der Waals surface area contributed by atoms with E-state index in [1.54, 1.807) is 44.2 Å². The van der Waals surface area contributed by atoms with Crippen molar-refractivity contribution in [2.24, 2.45) is 0 Å². The zero-order valence-electron chi connectivity index (χ0n) is 22.9. The first-order valence-corrected chi connectivity index (χ1v) is 12.5. The summed E-state index contributed by atoms with van der Waals surface area (Å²) in [4.78, 5) is 35.9. The van der Waals surface area contributed by atoms with Crippen molar-refractivity contribution in [2.75, 3.05) is 33.5 Å². The Hall–Kier alpha value is -4.69. The standard InChI is InChI=1S/C32H32O8/c1-21(2)30(33)38-19-18-37-29-20-26(32(35)39-17-16-36-5)12-15-28(29)25-8-6-23(7-9-25)24-10-13-27(14-11-24)40-31(34)22(3)4/h6-15,20H,1,3,16-19H2,2,4-5H3. The summed E-state index contributed by atoms with van der Waals surface area (Å²) >= 11 is 0. The van der Waals surface area contributed by atoms with Crippen LogP contribution < -0.4 is 9.47 Å². The Balaban J connectivity index is 1.80. The van der Waals surface area contributed by atoms with Crippen molar-refractivity contribution in [1.82, 2.24) is 0 Å². The molecule has 0 heterocycles. The van der Waals surface area contributed by atoms with E-state index in [1.165, 1.54) is 7.11 Å². The summed E-state index contributed by atoms with van der Waals surface area (Å²) in [5.74, 6) is -0.612. The number of carbonyl (C=O) groups is 3. The van der Waals surface area contributed by atoms with Crippen LogP contribution in [0.3, 0.4) is 0 Å². The molecular weight excluding hydrogens is 512 g/mol. The van der Waals surface area contributed by atoms with Crippen LogP contribution in [-0.4, -0.2) is 51.4 Å². The fourth-order valence-corrected chi connectivity index (χ4v) is 3.47. The van der Waals surface area contributed by atoms with Crippen molar-refractivity contribution in [2.45, 2.75) is 13.8 Å². The predicted molar refractivity (Wildman–Crippen MR) is 151 cm³/mol. The molecule has 0 amide bonds. The molecule has 0 fully saturated rings. The first-order chi connectivity index (χ1) is 19.2. The van der Waals surface area contributed by atoms with E-state index in [4.69, 9.17) is 23.7 Å². The Morgan fingerprint density at radius 2 is 1.25 bits per heavy atom. The van der Waals surface area contributed by atoms with E-state index < -0.39 is 17.9 Å². The summed E-state index contributed by atoms with van der Waals surface area (Å²) in [7, 11) is 1.53. The molecule has 0 aliphatic rings. The molecule has 0 spiro atoms. The highest BCUT2D eigenvalue weighted by Gasteiger charge is 2.14. The second-order valence-corrected chi connectivity index (χ2v) is 8.88. The van der Waals surface area contributed by atoms with E-state index in [9.17, 15) is 14.4 Å². The van der Waals surface area contributed by atoms with Crippen LogP contribution in [-0.2, 0) is 23.8 Å². The first-order valence-electron chi connectivity index (χ1n) is 12.5. The monoisotopic (exact) mass is 544 g/mol. The van der Waals surface area contributed by atoms with Crippen molar-refractivity contribution in [3.05, 3.63) is 96.6 Å². The minimum Gasteiger partial charge on any atom is -0.489 e. The molecule has 208 valence electrons. The Kier molecular flexibility index (Phi) is 10.8. The predicted octanol–water partition coefficient (Wildman–Crippen LogP) is 5.80. The SMILES string of the molecule is C=C(C)C(=O)OCCOc1cc(C(=O)OCCOC)ccc1-c1ccc(-c2ccc(OC(=O)C(=C)C)cc2)cc1. The van der Waals surface area contributed by atoms with Crippen LogP contribution in [0.5, 0.6) is 11.5 Å². The van der Waals surface area contributed by atoms with Gasteiger partial charge in [-0.2, -0.15) is 0 Å². The first kappa shape index (κ1) is 29.9. The van der Waals surface area contributed by atoms with Gasteiger partial charge in [0.1, 0.15) is 31.3 Å². The average Bonchev–Trinajstić information content (AvgIpc) is 2.95. The van der Waals surface area contributed by atoms with Gasteiger partial charge in [-0.25, -0.2) is 14.4 Å². The molecule has 0 saturated carbocycles. The molecule has 0 bridgehead atoms. The molecule has 0 N–H and O–H groups in total. The van der Waals surface area contributed by atoms with E-state index >= 15 is 0 Å². The zero-order valence-corrected chi connectivity index (χ0v) is 22.9. The Morgan fingerprint density at radius 1 is 0.675 bits per heavy atom. The van der Waals surface area contributed by atoms with E-state index in [0.29, 0.717) is 28.2 Å². The summed E-state index contributed by atoms with van der Waals surface area (Å²) < 4.78 is 26.5. The maximum Gasteiger partial charge on any atom is 0.338 e. The largest absolute Gasteiger partial charge is 0.489 e. The average molecular weight is 545 g/mol. The third-order valence-corrected chi connectivity index (χ3v) is 5.60. The van der Waals surface area contributed by atoms with Gasteiger partial charge in [0.25, 0.3) is 0 Å². The highest BCUT2D eigenvalue weighted by molar-refractivity contribution is 5.91.